The zero-order valence-electron chi connectivity index (χ0n) is 13.8. The zero-order valence-corrected chi connectivity index (χ0v) is 13.8. The summed E-state index contributed by atoms with van der Waals surface area (Å²) in [6.45, 7) is 1.88. The summed E-state index contributed by atoms with van der Waals surface area (Å²) < 4.78 is 37.6. The first-order valence-electron chi connectivity index (χ1n) is 7.82. The molecule has 0 aliphatic rings. The molecule has 0 spiro atoms. The van der Waals surface area contributed by atoms with E-state index < -0.39 is 17.6 Å². The summed E-state index contributed by atoms with van der Waals surface area (Å²) in [5.74, 6) is -0.554. The van der Waals surface area contributed by atoms with Gasteiger partial charge in [-0.15, -0.1) is 0 Å². The summed E-state index contributed by atoms with van der Waals surface area (Å²) in [6.07, 6.45) is -4.45. The summed E-state index contributed by atoms with van der Waals surface area (Å²) in [5, 5.41) is 3.38. The Labute approximate surface area is 146 Å². The Morgan fingerprint density at radius 2 is 1.77 bits per heavy atom. The number of pyridine rings is 1. The Hall–Kier alpha value is -3.09. The van der Waals surface area contributed by atoms with Crippen LogP contribution >= 0.6 is 0 Å². The van der Waals surface area contributed by atoms with Crippen LogP contribution < -0.4 is 10.9 Å². The van der Waals surface area contributed by atoms with E-state index in [-0.39, 0.29) is 17.7 Å². The number of carbonyl (C=O) groups excluding carboxylic acids is 1. The van der Waals surface area contributed by atoms with Gasteiger partial charge in [0.05, 0.1) is 5.56 Å². The van der Waals surface area contributed by atoms with Crippen molar-refractivity contribution in [3.63, 3.8) is 0 Å². The highest BCUT2D eigenvalue weighted by atomic mass is 19.4. The summed E-state index contributed by atoms with van der Waals surface area (Å²) in [5.41, 5.74) is 1.02. The van der Waals surface area contributed by atoms with Gasteiger partial charge in [0, 0.05) is 23.2 Å². The molecule has 4 nitrogen and oxygen atoms in total. The van der Waals surface area contributed by atoms with Crippen molar-refractivity contribution in [2.24, 2.45) is 0 Å². The minimum absolute atomic E-state index is 0.0288. The number of hydrogen-bond donors (Lipinski definition) is 2. The number of alkyl halides is 3. The number of carbonyl (C=O) groups is 1. The normalized spacial score (nSPS) is 11.5. The van der Waals surface area contributed by atoms with E-state index in [0.717, 1.165) is 35.2 Å². The Morgan fingerprint density at radius 3 is 2.42 bits per heavy atom. The van der Waals surface area contributed by atoms with Crippen molar-refractivity contribution in [3.8, 4) is 0 Å². The molecule has 3 aromatic rings. The van der Waals surface area contributed by atoms with Crippen LogP contribution in [0.15, 0.2) is 53.3 Å². The van der Waals surface area contributed by atoms with Crippen LogP contribution in [0.4, 0.5) is 13.2 Å². The van der Waals surface area contributed by atoms with Gasteiger partial charge in [-0.1, -0.05) is 12.1 Å². The third kappa shape index (κ3) is 3.77. The van der Waals surface area contributed by atoms with Gasteiger partial charge in [0.2, 0.25) is 0 Å². The van der Waals surface area contributed by atoms with Crippen LogP contribution in [0, 0.1) is 6.92 Å². The molecule has 1 aromatic heterocycles. The third-order valence-electron chi connectivity index (χ3n) is 3.99. The third-order valence-corrected chi connectivity index (χ3v) is 3.99. The summed E-state index contributed by atoms with van der Waals surface area (Å²) in [4.78, 5) is 27.0. The number of H-pyrrole nitrogens is 1. The molecule has 3 rings (SSSR count). The minimum atomic E-state index is -4.45. The van der Waals surface area contributed by atoms with Crippen molar-refractivity contribution in [3.05, 3.63) is 81.1 Å². The fourth-order valence-electron chi connectivity index (χ4n) is 2.58. The first-order chi connectivity index (χ1) is 12.2. The summed E-state index contributed by atoms with van der Waals surface area (Å²) >= 11 is 0. The zero-order chi connectivity index (χ0) is 18.9. The molecule has 0 bridgehead atoms. The lowest BCUT2D eigenvalue weighted by Crippen LogP contribution is -2.26. The predicted octanol–water partition coefficient (Wildman–Crippen LogP) is 3.79. The Balaban J connectivity index is 1.75. The first kappa shape index (κ1) is 17.7. The van der Waals surface area contributed by atoms with Gasteiger partial charge in [-0.25, -0.2) is 0 Å². The first-order valence-corrected chi connectivity index (χ1v) is 7.82. The molecule has 0 radical (unpaired) electrons. The molecule has 0 saturated heterocycles. The predicted molar refractivity (Wildman–Crippen MR) is 91.9 cm³/mol. The maximum absolute atomic E-state index is 12.5. The average molecular weight is 360 g/mol. The standard InChI is InChI=1S/C19H15F3N2O2/c1-11-2-3-13-9-14(18(26)24-16(13)8-11)10-23-17(25)12-4-6-15(7-5-12)19(20,21)22/h2-9H,10H2,1H3,(H,23,25)(H,24,26). The number of nitrogens with one attached hydrogen (secondary N) is 2. The highest BCUT2D eigenvalue weighted by Gasteiger charge is 2.30. The second-order valence-electron chi connectivity index (χ2n) is 5.97. The lowest BCUT2D eigenvalue weighted by molar-refractivity contribution is -0.137. The van der Waals surface area contributed by atoms with E-state index in [2.05, 4.69) is 10.3 Å². The lowest BCUT2D eigenvalue weighted by atomic mass is 10.1. The van der Waals surface area contributed by atoms with Crippen LogP contribution in [0.1, 0.15) is 27.0 Å². The van der Waals surface area contributed by atoms with Crippen molar-refractivity contribution in [2.75, 3.05) is 0 Å². The maximum atomic E-state index is 12.5. The van der Waals surface area contributed by atoms with E-state index in [1.165, 1.54) is 0 Å². The number of rotatable bonds is 3. The van der Waals surface area contributed by atoms with Crippen LogP contribution in [0.25, 0.3) is 10.9 Å². The summed E-state index contributed by atoms with van der Waals surface area (Å²) in [6, 6.07) is 11.2. The molecule has 1 heterocycles. The van der Waals surface area contributed by atoms with Gasteiger partial charge in [0.25, 0.3) is 11.5 Å². The van der Waals surface area contributed by atoms with Gasteiger partial charge < -0.3 is 10.3 Å². The van der Waals surface area contributed by atoms with Crippen LogP contribution in [0.2, 0.25) is 0 Å². The number of hydrogen-bond acceptors (Lipinski definition) is 2. The molecular weight excluding hydrogens is 345 g/mol. The highest BCUT2D eigenvalue weighted by molar-refractivity contribution is 5.94. The molecule has 0 aliphatic heterocycles. The van der Waals surface area contributed by atoms with Gasteiger partial charge in [-0.3, -0.25) is 9.59 Å². The van der Waals surface area contributed by atoms with E-state index in [4.69, 9.17) is 0 Å². The maximum Gasteiger partial charge on any atom is 0.416 e. The molecule has 134 valence electrons. The fourth-order valence-corrected chi connectivity index (χ4v) is 2.58. The van der Waals surface area contributed by atoms with Crippen LogP contribution in [0.3, 0.4) is 0 Å². The van der Waals surface area contributed by atoms with Crippen molar-refractivity contribution in [1.29, 1.82) is 0 Å². The topological polar surface area (TPSA) is 62.0 Å². The second-order valence-corrected chi connectivity index (χ2v) is 5.97. The molecule has 0 unspecified atom stereocenters. The molecule has 0 fully saturated rings. The molecule has 2 aromatic carbocycles. The van der Waals surface area contributed by atoms with Crippen molar-refractivity contribution < 1.29 is 18.0 Å². The van der Waals surface area contributed by atoms with Crippen LogP contribution in [-0.2, 0) is 12.7 Å². The van der Waals surface area contributed by atoms with E-state index >= 15 is 0 Å². The van der Waals surface area contributed by atoms with Gasteiger partial charge in [0.1, 0.15) is 0 Å². The van der Waals surface area contributed by atoms with Gasteiger partial charge in [-0.05, 0) is 54.3 Å². The number of aromatic nitrogens is 1. The molecule has 0 saturated carbocycles. The molecule has 2 N–H and O–H groups in total. The Morgan fingerprint density at radius 1 is 1.08 bits per heavy atom. The van der Waals surface area contributed by atoms with Gasteiger partial charge in [-0.2, -0.15) is 13.2 Å². The molecule has 7 heteroatoms. The van der Waals surface area contributed by atoms with E-state index in [1.54, 1.807) is 6.07 Å². The lowest BCUT2D eigenvalue weighted by Gasteiger charge is -2.09. The quantitative estimate of drug-likeness (QED) is 0.747. The van der Waals surface area contributed by atoms with Crippen molar-refractivity contribution in [2.45, 2.75) is 19.6 Å². The fraction of sp³-hybridized carbons (Fsp3) is 0.158. The number of aromatic amines is 1. The summed E-state index contributed by atoms with van der Waals surface area (Å²) in [7, 11) is 0. The molecular formula is C19H15F3N2O2. The van der Waals surface area contributed by atoms with Crippen LogP contribution in [-0.4, -0.2) is 10.9 Å². The van der Waals surface area contributed by atoms with Gasteiger partial charge >= 0.3 is 6.18 Å². The molecule has 26 heavy (non-hydrogen) atoms. The van der Waals surface area contributed by atoms with E-state index in [9.17, 15) is 22.8 Å². The number of fused-ring (bicyclic) bond motifs is 1. The van der Waals surface area contributed by atoms with E-state index in [0.29, 0.717) is 11.1 Å². The SMILES string of the molecule is Cc1ccc2cc(CNC(=O)c3ccc(C(F)(F)F)cc3)c(=O)[nH]c2c1. The number of halogens is 3. The number of benzene rings is 2. The molecule has 0 aliphatic carbocycles. The average Bonchev–Trinajstić information content (AvgIpc) is 2.59. The monoisotopic (exact) mass is 360 g/mol. The van der Waals surface area contributed by atoms with Crippen molar-refractivity contribution >= 4 is 16.8 Å². The minimum Gasteiger partial charge on any atom is -0.348 e. The van der Waals surface area contributed by atoms with Crippen LogP contribution in [0.5, 0.6) is 0 Å². The smallest absolute Gasteiger partial charge is 0.348 e. The number of aryl methyl sites for hydroxylation is 1. The van der Waals surface area contributed by atoms with Crippen molar-refractivity contribution in [1.82, 2.24) is 10.3 Å². The Kier molecular flexibility index (Phi) is 4.54. The largest absolute Gasteiger partial charge is 0.416 e. The Bertz CT molecular complexity index is 1020. The van der Waals surface area contributed by atoms with E-state index in [1.807, 2.05) is 25.1 Å². The van der Waals surface area contributed by atoms with Gasteiger partial charge in [0.15, 0.2) is 0 Å². The second kappa shape index (κ2) is 6.67. The highest BCUT2D eigenvalue weighted by Crippen LogP contribution is 2.29. The molecule has 1 amide bonds. The number of amides is 1. The molecule has 0 atom stereocenters.